The number of nitrogens with one attached hydrogen (secondary N) is 1. The summed E-state index contributed by atoms with van der Waals surface area (Å²) in [5.74, 6) is -0.0838. The summed E-state index contributed by atoms with van der Waals surface area (Å²) >= 11 is 5.94. The van der Waals surface area contributed by atoms with Crippen molar-refractivity contribution in [1.82, 2.24) is 4.90 Å². The van der Waals surface area contributed by atoms with E-state index in [1.54, 1.807) is 48.4 Å². The molecular formula is C17H16ClN3O2. The van der Waals surface area contributed by atoms with Crippen LogP contribution in [-0.2, 0) is 9.59 Å². The number of amides is 2. The number of nitrogens with zero attached hydrogens (tertiary/aromatic N) is 2. The van der Waals surface area contributed by atoms with E-state index in [1.807, 2.05) is 13.0 Å². The second-order valence-corrected chi connectivity index (χ2v) is 6.23. The molecule has 1 N–H and O–H groups in total. The maximum absolute atomic E-state index is 12.9. The molecule has 1 aromatic rings. The minimum absolute atomic E-state index is 0.0210. The number of fused-ring (bicyclic) bond motifs is 1. The van der Waals surface area contributed by atoms with Gasteiger partial charge < -0.3 is 10.2 Å². The summed E-state index contributed by atoms with van der Waals surface area (Å²) in [5, 5.41) is 3.51. The van der Waals surface area contributed by atoms with Crippen LogP contribution in [0.15, 0.2) is 47.6 Å². The number of aliphatic imine (C=N–C) groups is 1. The highest BCUT2D eigenvalue weighted by atomic mass is 35.5. The minimum atomic E-state index is -1.03. The monoisotopic (exact) mass is 329 g/mol. The normalized spacial score (nSPS) is 22.7. The lowest BCUT2D eigenvalue weighted by Gasteiger charge is -2.41. The van der Waals surface area contributed by atoms with Crippen molar-refractivity contribution in [3.8, 4) is 0 Å². The van der Waals surface area contributed by atoms with Crippen molar-refractivity contribution in [2.24, 2.45) is 4.99 Å². The predicted molar refractivity (Wildman–Crippen MR) is 90.4 cm³/mol. The molecule has 2 aliphatic heterocycles. The van der Waals surface area contributed by atoms with Gasteiger partial charge in [0.2, 0.25) is 0 Å². The van der Waals surface area contributed by atoms with Crippen LogP contribution in [0.5, 0.6) is 0 Å². The first-order valence-electron chi connectivity index (χ1n) is 7.23. The number of hydrogen-bond donors (Lipinski definition) is 1. The van der Waals surface area contributed by atoms with Crippen LogP contribution >= 0.6 is 11.6 Å². The highest BCUT2D eigenvalue weighted by Gasteiger charge is 2.45. The Hall–Kier alpha value is -2.40. The second-order valence-electron chi connectivity index (χ2n) is 5.80. The average molecular weight is 330 g/mol. The Balaban J connectivity index is 1.91. The van der Waals surface area contributed by atoms with E-state index >= 15 is 0 Å². The number of aryl methyl sites for hydroxylation is 1. The summed E-state index contributed by atoms with van der Waals surface area (Å²) in [5.41, 5.74) is 0.509. The Labute approximate surface area is 139 Å². The molecule has 118 valence electrons. The third-order valence-corrected chi connectivity index (χ3v) is 4.27. The Kier molecular flexibility index (Phi) is 3.82. The highest BCUT2D eigenvalue weighted by molar-refractivity contribution is 6.30. The first-order valence-corrected chi connectivity index (χ1v) is 7.61. The number of halogens is 1. The number of amidine groups is 1. The summed E-state index contributed by atoms with van der Waals surface area (Å²) in [6.07, 6.45) is 7.10. The maximum Gasteiger partial charge on any atom is 0.250 e. The molecule has 0 bridgehead atoms. The molecule has 0 saturated heterocycles. The zero-order valence-electron chi connectivity index (χ0n) is 12.8. The summed E-state index contributed by atoms with van der Waals surface area (Å²) in [6.45, 7) is 3.61. The van der Waals surface area contributed by atoms with Crippen LogP contribution in [0, 0.1) is 6.92 Å². The first-order chi connectivity index (χ1) is 10.9. The second kappa shape index (κ2) is 5.66. The standard InChI is InChI=1S/C17H16ClN3O2/c1-11-9-12(18)6-7-13(11)19-16(23)17(2)10-15(22)20-14-5-3-4-8-21(14)17/h3-9H,10H2,1-2H3,(H,19,23). The van der Waals surface area contributed by atoms with Crippen molar-refractivity contribution >= 4 is 34.9 Å². The van der Waals surface area contributed by atoms with Gasteiger partial charge in [-0.2, -0.15) is 4.99 Å². The lowest BCUT2D eigenvalue weighted by Crippen LogP contribution is -2.58. The maximum atomic E-state index is 12.9. The van der Waals surface area contributed by atoms with Gasteiger partial charge in [-0.15, -0.1) is 0 Å². The zero-order valence-corrected chi connectivity index (χ0v) is 13.6. The minimum Gasteiger partial charge on any atom is -0.324 e. The van der Waals surface area contributed by atoms with Crippen LogP contribution in [0.25, 0.3) is 0 Å². The predicted octanol–water partition coefficient (Wildman–Crippen LogP) is 3.06. The summed E-state index contributed by atoms with van der Waals surface area (Å²) < 4.78 is 0. The number of carbonyl (C=O) groups is 2. The lowest BCUT2D eigenvalue weighted by atomic mass is 9.91. The first kappa shape index (κ1) is 15.5. The SMILES string of the molecule is Cc1cc(Cl)ccc1NC(=O)C1(C)CC(=O)N=C2C=CC=CN21. The van der Waals surface area contributed by atoms with E-state index in [-0.39, 0.29) is 18.2 Å². The van der Waals surface area contributed by atoms with E-state index in [4.69, 9.17) is 11.6 Å². The topological polar surface area (TPSA) is 61.8 Å². The molecule has 0 spiro atoms. The van der Waals surface area contributed by atoms with E-state index in [1.165, 1.54) is 0 Å². The number of carbonyl (C=O) groups excluding carboxylic acids is 2. The number of rotatable bonds is 2. The Morgan fingerprint density at radius 2 is 2.17 bits per heavy atom. The molecule has 0 radical (unpaired) electrons. The molecule has 3 rings (SSSR count). The van der Waals surface area contributed by atoms with Gasteiger partial charge in [-0.25, -0.2) is 0 Å². The van der Waals surface area contributed by atoms with Gasteiger partial charge in [-0.3, -0.25) is 9.59 Å². The van der Waals surface area contributed by atoms with E-state index in [0.29, 0.717) is 16.5 Å². The highest BCUT2D eigenvalue weighted by Crippen LogP contribution is 2.30. The van der Waals surface area contributed by atoms with Crippen LogP contribution in [0.4, 0.5) is 5.69 Å². The van der Waals surface area contributed by atoms with Crippen molar-refractivity contribution in [2.75, 3.05) is 5.32 Å². The number of benzene rings is 1. The number of anilines is 1. The molecule has 2 aliphatic rings. The van der Waals surface area contributed by atoms with E-state index < -0.39 is 5.54 Å². The van der Waals surface area contributed by atoms with Crippen LogP contribution in [0.1, 0.15) is 18.9 Å². The largest absolute Gasteiger partial charge is 0.324 e. The molecule has 1 atom stereocenters. The molecule has 1 aromatic carbocycles. The van der Waals surface area contributed by atoms with Crippen LogP contribution in [0.3, 0.4) is 0 Å². The van der Waals surface area contributed by atoms with Gasteiger partial charge in [0, 0.05) is 16.9 Å². The molecule has 0 fully saturated rings. The average Bonchev–Trinajstić information content (AvgIpc) is 2.49. The Bertz CT molecular complexity index is 782. The summed E-state index contributed by atoms with van der Waals surface area (Å²) in [4.78, 5) is 30.5. The van der Waals surface area contributed by atoms with Crippen molar-refractivity contribution in [2.45, 2.75) is 25.8 Å². The molecule has 0 saturated carbocycles. The fourth-order valence-electron chi connectivity index (χ4n) is 2.70. The van der Waals surface area contributed by atoms with Gasteiger partial charge in [-0.05, 0) is 49.8 Å². The fraction of sp³-hybridized carbons (Fsp3) is 0.235. The number of hydrogen-bond acceptors (Lipinski definition) is 3. The van der Waals surface area contributed by atoms with Crippen molar-refractivity contribution in [3.63, 3.8) is 0 Å². The van der Waals surface area contributed by atoms with Crippen molar-refractivity contribution in [1.29, 1.82) is 0 Å². The molecule has 5 nitrogen and oxygen atoms in total. The third-order valence-electron chi connectivity index (χ3n) is 4.03. The van der Waals surface area contributed by atoms with Gasteiger partial charge in [0.15, 0.2) is 0 Å². The Morgan fingerprint density at radius 1 is 1.39 bits per heavy atom. The molecular weight excluding hydrogens is 314 g/mol. The zero-order chi connectivity index (χ0) is 16.6. The van der Waals surface area contributed by atoms with E-state index in [2.05, 4.69) is 10.3 Å². The van der Waals surface area contributed by atoms with Crippen LogP contribution in [0.2, 0.25) is 5.02 Å². The molecule has 0 aromatic heterocycles. The van der Waals surface area contributed by atoms with E-state index in [0.717, 1.165) is 5.56 Å². The van der Waals surface area contributed by atoms with Crippen molar-refractivity contribution < 1.29 is 9.59 Å². The van der Waals surface area contributed by atoms with Crippen LogP contribution < -0.4 is 5.32 Å². The van der Waals surface area contributed by atoms with Gasteiger partial charge in [0.05, 0.1) is 6.42 Å². The molecule has 6 heteroatoms. The molecule has 1 unspecified atom stereocenters. The molecule has 23 heavy (non-hydrogen) atoms. The van der Waals surface area contributed by atoms with E-state index in [9.17, 15) is 9.59 Å². The summed E-state index contributed by atoms with van der Waals surface area (Å²) in [7, 11) is 0. The molecule has 2 amide bonds. The lowest BCUT2D eigenvalue weighted by molar-refractivity contribution is -0.130. The van der Waals surface area contributed by atoms with Gasteiger partial charge >= 0.3 is 0 Å². The number of allylic oxidation sites excluding steroid dienone is 2. The molecule has 0 aliphatic carbocycles. The quantitative estimate of drug-likeness (QED) is 0.907. The third kappa shape index (κ3) is 2.80. The molecule has 2 heterocycles. The van der Waals surface area contributed by atoms with Crippen molar-refractivity contribution in [3.05, 3.63) is 53.2 Å². The Morgan fingerprint density at radius 3 is 2.91 bits per heavy atom. The van der Waals surface area contributed by atoms with Gasteiger partial charge in [0.1, 0.15) is 11.4 Å². The smallest absolute Gasteiger partial charge is 0.250 e. The van der Waals surface area contributed by atoms with Crippen LogP contribution in [-0.4, -0.2) is 28.1 Å². The fourth-order valence-corrected chi connectivity index (χ4v) is 2.93. The summed E-state index contributed by atoms with van der Waals surface area (Å²) in [6, 6.07) is 5.25. The van der Waals surface area contributed by atoms with Gasteiger partial charge in [0.25, 0.3) is 11.8 Å². The van der Waals surface area contributed by atoms with Gasteiger partial charge in [-0.1, -0.05) is 17.7 Å².